The molecule has 0 saturated heterocycles. The third-order valence-corrected chi connectivity index (χ3v) is 1.07. The highest BCUT2D eigenvalue weighted by atomic mass is 17.1. The molecular formula is C6H13O3-. The first-order chi connectivity index (χ1) is 4.41. The van der Waals surface area contributed by atoms with Gasteiger partial charge < -0.3 is 15.3 Å². The van der Waals surface area contributed by atoms with Gasteiger partial charge >= 0.3 is 0 Å². The van der Waals surface area contributed by atoms with Gasteiger partial charge in [0.15, 0.2) is 0 Å². The largest absolute Gasteiger partial charge is 0.588 e. The van der Waals surface area contributed by atoms with Crippen molar-refractivity contribution in [3.05, 3.63) is 6.61 Å². The molecule has 0 unspecified atom stereocenters. The molecule has 0 aliphatic heterocycles. The molecule has 0 aliphatic carbocycles. The minimum atomic E-state index is 0.245. The lowest BCUT2D eigenvalue weighted by atomic mass is 10.2. The molecule has 0 aliphatic rings. The van der Waals surface area contributed by atoms with Gasteiger partial charge in [-0.3, -0.25) is 0 Å². The van der Waals surface area contributed by atoms with Crippen molar-refractivity contribution in [2.45, 2.75) is 25.7 Å². The van der Waals surface area contributed by atoms with Crippen LogP contribution in [0.3, 0.4) is 0 Å². The van der Waals surface area contributed by atoms with Gasteiger partial charge in [-0.2, -0.15) is 0 Å². The van der Waals surface area contributed by atoms with E-state index in [9.17, 15) is 5.26 Å². The maximum atomic E-state index is 9.48. The van der Waals surface area contributed by atoms with E-state index >= 15 is 0 Å². The fourth-order valence-corrected chi connectivity index (χ4v) is 0.577. The van der Waals surface area contributed by atoms with Crippen molar-refractivity contribution in [2.75, 3.05) is 6.61 Å². The van der Waals surface area contributed by atoms with Crippen LogP contribution in [0.25, 0.3) is 0 Å². The van der Waals surface area contributed by atoms with E-state index in [1.54, 1.807) is 0 Å². The minimum Gasteiger partial charge on any atom is -0.588 e. The summed E-state index contributed by atoms with van der Waals surface area (Å²) < 4.78 is 0. The lowest BCUT2D eigenvalue weighted by molar-refractivity contribution is -0.762. The van der Waals surface area contributed by atoms with Gasteiger partial charge in [-0.25, -0.2) is 0 Å². The predicted molar refractivity (Wildman–Crippen MR) is 32.5 cm³/mol. The van der Waals surface area contributed by atoms with E-state index in [2.05, 4.69) is 4.89 Å². The van der Waals surface area contributed by atoms with Crippen molar-refractivity contribution >= 4 is 0 Å². The Morgan fingerprint density at radius 3 is 2.67 bits per heavy atom. The van der Waals surface area contributed by atoms with Crippen LogP contribution in [0.4, 0.5) is 0 Å². The predicted octanol–water partition coefficient (Wildman–Crippen LogP) is 0.0699. The first-order valence-electron chi connectivity index (χ1n) is 3.17. The summed E-state index contributed by atoms with van der Waals surface area (Å²) in [6.45, 7) is 1.60. The van der Waals surface area contributed by atoms with Crippen LogP contribution in [-0.4, -0.2) is 16.6 Å². The summed E-state index contributed by atoms with van der Waals surface area (Å²) >= 11 is 0. The molecule has 9 heavy (non-hydrogen) atoms. The van der Waals surface area contributed by atoms with Gasteiger partial charge in [-0.1, -0.05) is 12.8 Å². The fourth-order valence-electron chi connectivity index (χ4n) is 0.577. The van der Waals surface area contributed by atoms with E-state index in [0.29, 0.717) is 0 Å². The average molecular weight is 133 g/mol. The Balaban J connectivity index is 2.60. The number of hydrogen-bond donors (Lipinski definition) is 1. The van der Waals surface area contributed by atoms with E-state index < -0.39 is 0 Å². The van der Waals surface area contributed by atoms with E-state index in [0.717, 1.165) is 25.7 Å². The Kier molecular flexibility index (Phi) is 7.77. The van der Waals surface area contributed by atoms with Crippen molar-refractivity contribution in [3.63, 3.8) is 0 Å². The Hall–Kier alpha value is -0.120. The van der Waals surface area contributed by atoms with Crippen molar-refractivity contribution in [1.29, 1.82) is 0 Å². The molecule has 56 valence electrons. The van der Waals surface area contributed by atoms with E-state index in [4.69, 9.17) is 5.11 Å². The Morgan fingerprint density at radius 1 is 1.33 bits per heavy atom. The van der Waals surface area contributed by atoms with Gasteiger partial charge in [0.2, 0.25) is 0 Å². The second-order valence-corrected chi connectivity index (χ2v) is 1.86. The van der Waals surface area contributed by atoms with Gasteiger partial charge in [0, 0.05) is 6.61 Å². The minimum absolute atomic E-state index is 0.245. The molecule has 3 nitrogen and oxygen atoms in total. The number of aliphatic hydroxyl groups excluding tert-OH is 1. The smallest absolute Gasteiger partial charge is 0.0431 e. The molecular weight excluding hydrogens is 120 g/mol. The fraction of sp³-hybridized carbons (Fsp3) is 0.833. The van der Waals surface area contributed by atoms with Crippen LogP contribution in [0.2, 0.25) is 0 Å². The highest BCUT2D eigenvalue weighted by Crippen LogP contribution is 1.99. The molecule has 0 radical (unpaired) electrons. The van der Waals surface area contributed by atoms with E-state index in [1.807, 2.05) is 0 Å². The summed E-state index contributed by atoms with van der Waals surface area (Å²) in [5.41, 5.74) is 0. The summed E-state index contributed by atoms with van der Waals surface area (Å²) in [6.07, 6.45) is 3.49. The second-order valence-electron chi connectivity index (χ2n) is 1.86. The second kappa shape index (κ2) is 7.88. The molecule has 0 atom stereocenters. The number of unbranched alkanes of at least 4 members (excludes halogenated alkanes) is 3. The summed E-state index contributed by atoms with van der Waals surface area (Å²) in [6, 6.07) is 0. The van der Waals surface area contributed by atoms with Crippen molar-refractivity contribution in [2.24, 2.45) is 0 Å². The van der Waals surface area contributed by atoms with Crippen LogP contribution in [0.1, 0.15) is 25.7 Å². The van der Waals surface area contributed by atoms with Crippen LogP contribution in [-0.2, 0) is 0 Å². The quantitative estimate of drug-likeness (QED) is 0.183. The van der Waals surface area contributed by atoms with Crippen LogP contribution < -0.4 is 5.26 Å². The topological polar surface area (TPSA) is 56.1 Å². The van der Waals surface area contributed by atoms with Crippen LogP contribution in [0, 0.1) is 6.61 Å². The summed E-state index contributed by atoms with van der Waals surface area (Å²) in [4.78, 5) is 2.60. The molecule has 0 amide bonds. The third kappa shape index (κ3) is 7.88. The first kappa shape index (κ1) is 8.88. The van der Waals surface area contributed by atoms with Gasteiger partial charge in [0.1, 0.15) is 0 Å². The van der Waals surface area contributed by atoms with Crippen molar-refractivity contribution in [3.8, 4) is 0 Å². The van der Waals surface area contributed by atoms with Gasteiger partial charge in [0.05, 0.1) is 0 Å². The number of hydrogen-bond acceptors (Lipinski definition) is 2. The zero-order valence-electron chi connectivity index (χ0n) is 5.42. The lowest BCUT2D eigenvalue weighted by Gasteiger charge is -2.09. The monoisotopic (exact) mass is 133 g/mol. The van der Waals surface area contributed by atoms with Crippen molar-refractivity contribution < 1.29 is 15.3 Å². The molecule has 0 heterocycles. The number of aliphatic hydroxyl groups is 2. The summed E-state index contributed by atoms with van der Waals surface area (Å²) in [5, 5.41) is 17.8. The maximum absolute atomic E-state index is 9.48. The Morgan fingerprint density at radius 2 is 2.11 bits per heavy atom. The van der Waals surface area contributed by atoms with Gasteiger partial charge in [-0.15, -0.1) is 6.42 Å². The van der Waals surface area contributed by atoms with Crippen molar-refractivity contribution in [1.82, 2.24) is 0 Å². The van der Waals surface area contributed by atoms with Crippen LogP contribution in [0.5, 0.6) is 0 Å². The SMILES string of the molecule is [O-][OH+][CH-]CCCCCO. The third-order valence-electron chi connectivity index (χ3n) is 1.07. The number of rotatable bonds is 6. The molecule has 0 aromatic carbocycles. The Bertz CT molecular complexity index is 41.6. The Labute approximate surface area is 55.2 Å². The van der Waals surface area contributed by atoms with E-state index in [-0.39, 0.29) is 6.61 Å². The first-order valence-corrected chi connectivity index (χ1v) is 3.17. The molecule has 3 heteroatoms. The molecule has 0 spiro atoms. The molecule has 0 rings (SSSR count). The van der Waals surface area contributed by atoms with Crippen LogP contribution >= 0.6 is 0 Å². The molecule has 0 fully saturated rings. The van der Waals surface area contributed by atoms with Gasteiger partial charge in [-0.05, 0) is 13.0 Å². The zero-order chi connectivity index (χ0) is 6.95. The highest BCUT2D eigenvalue weighted by molar-refractivity contribution is 4.47. The highest BCUT2D eigenvalue weighted by Gasteiger charge is 1.82. The molecule has 0 aromatic heterocycles. The molecule has 2 N–H and O–H groups in total. The molecule has 0 aromatic rings. The average Bonchev–Trinajstić information content (AvgIpc) is 1.89. The standard InChI is InChI=1S/C6H13O3/c7-5-3-1-2-4-6-9-8/h6-7,9H,1-5H2/q-1. The molecule has 0 saturated carbocycles. The zero-order valence-corrected chi connectivity index (χ0v) is 5.42. The summed E-state index contributed by atoms with van der Waals surface area (Å²) in [7, 11) is 0. The molecule has 0 bridgehead atoms. The van der Waals surface area contributed by atoms with Crippen LogP contribution in [0.15, 0.2) is 0 Å². The van der Waals surface area contributed by atoms with E-state index in [1.165, 1.54) is 6.61 Å². The van der Waals surface area contributed by atoms with Gasteiger partial charge in [0.25, 0.3) is 0 Å². The maximum Gasteiger partial charge on any atom is 0.0431 e. The normalized spacial score (nSPS) is 10.0. The lowest BCUT2D eigenvalue weighted by Crippen LogP contribution is -2.07. The summed E-state index contributed by atoms with van der Waals surface area (Å²) in [5.74, 6) is 0.